The molecule has 0 atom stereocenters. The Morgan fingerprint density at radius 3 is 2.50 bits per heavy atom. The largest absolute Gasteiger partial charge is 0.487 e. The zero-order chi connectivity index (χ0) is 19.7. The lowest BCUT2D eigenvalue weighted by Crippen LogP contribution is -1.95. The second-order valence-electron chi connectivity index (χ2n) is 6.03. The molecular formula is C20H17N7O. The van der Waals surface area contributed by atoms with E-state index in [0.717, 1.165) is 16.3 Å². The second-order valence-corrected chi connectivity index (χ2v) is 6.03. The maximum absolute atomic E-state index is 6.36. The third-order valence-electron chi connectivity index (χ3n) is 4.19. The predicted octanol–water partition coefficient (Wildman–Crippen LogP) is 4.32. The predicted molar refractivity (Wildman–Crippen MR) is 111 cm³/mol. The van der Waals surface area contributed by atoms with Gasteiger partial charge in [-0.3, -0.25) is 0 Å². The fourth-order valence-corrected chi connectivity index (χ4v) is 2.85. The Balaban J connectivity index is 1.75. The lowest BCUT2D eigenvalue weighted by molar-refractivity contribution is 0.433. The molecule has 8 heteroatoms. The third-order valence-corrected chi connectivity index (χ3v) is 4.19. The van der Waals surface area contributed by atoms with Gasteiger partial charge in [0.25, 0.3) is 0 Å². The van der Waals surface area contributed by atoms with E-state index in [0.29, 0.717) is 34.1 Å². The molecule has 0 bridgehead atoms. The Bertz CT molecular complexity index is 1220. The molecule has 2 aromatic carbocycles. The van der Waals surface area contributed by atoms with Crippen LogP contribution in [0.1, 0.15) is 0 Å². The lowest BCUT2D eigenvalue weighted by Gasteiger charge is -2.09. The van der Waals surface area contributed by atoms with Crippen molar-refractivity contribution in [3.8, 4) is 5.75 Å². The summed E-state index contributed by atoms with van der Waals surface area (Å²) in [7, 11) is 0. The zero-order valence-electron chi connectivity index (χ0n) is 14.8. The highest BCUT2D eigenvalue weighted by Crippen LogP contribution is 2.33. The number of rotatable bonds is 4. The maximum Gasteiger partial charge on any atom is 0.153 e. The van der Waals surface area contributed by atoms with Crippen LogP contribution in [-0.4, -0.2) is 9.97 Å². The van der Waals surface area contributed by atoms with Crippen LogP contribution in [0.4, 0.5) is 28.7 Å². The highest BCUT2D eigenvalue weighted by atomic mass is 16.5. The Morgan fingerprint density at radius 1 is 0.857 bits per heavy atom. The molecular weight excluding hydrogens is 354 g/mol. The van der Waals surface area contributed by atoms with Gasteiger partial charge in [0, 0.05) is 10.8 Å². The number of anilines is 3. The van der Waals surface area contributed by atoms with Crippen LogP contribution < -0.4 is 21.9 Å². The van der Waals surface area contributed by atoms with Crippen molar-refractivity contribution in [2.75, 3.05) is 17.2 Å². The molecule has 0 aliphatic carbocycles. The first-order chi connectivity index (χ1) is 13.5. The van der Waals surface area contributed by atoms with Crippen molar-refractivity contribution < 1.29 is 4.74 Å². The van der Waals surface area contributed by atoms with Gasteiger partial charge in [-0.25, -0.2) is 9.97 Å². The first-order valence-corrected chi connectivity index (χ1v) is 8.39. The van der Waals surface area contributed by atoms with E-state index in [4.69, 9.17) is 21.9 Å². The standard InChI is InChI=1S/C20H17N7O/c1-2-28-12-4-6-15-14(10-12)19(22)13-5-3-11(9-17(13)24-15)26-27-16-7-8-18(21)25-20(16)23/h2-10H,1H2,(H2,22,24)(H4,21,23,25). The van der Waals surface area contributed by atoms with Crippen molar-refractivity contribution in [1.82, 2.24) is 9.97 Å². The molecule has 0 aliphatic heterocycles. The summed E-state index contributed by atoms with van der Waals surface area (Å²) in [5, 5.41) is 9.98. The van der Waals surface area contributed by atoms with Crippen LogP contribution in [-0.2, 0) is 0 Å². The molecule has 4 rings (SSSR count). The zero-order valence-corrected chi connectivity index (χ0v) is 14.8. The first-order valence-electron chi connectivity index (χ1n) is 8.39. The summed E-state index contributed by atoms with van der Waals surface area (Å²) in [6.07, 6.45) is 0. The molecule has 138 valence electrons. The van der Waals surface area contributed by atoms with Crippen LogP contribution in [0.5, 0.6) is 5.75 Å². The highest BCUT2D eigenvalue weighted by molar-refractivity contribution is 6.07. The van der Waals surface area contributed by atoms with Crippen molar-refractivity contribution in [2.24, 2.45) is 10.2 Å². The summed E-state index contributed by atoms with van der Waals surface area (Å²) < 4.78 is 5.32. The van der Waals surface area contributed by atoms with Gasteiger partial charge in [-0.15, -0.1) is 5.11 Å². The number of nitrogen functional groups attached to an aromatic ring is 3. The molecule has 8 nitrogen and oxygen atoms in total. The second kappa shape index (κ2) is 6.99. The Labute approximate surface area is 161 Å². The lowest BCUT2D eigenvalue weighted by atomic mass is 10.1. The normalized spacial score (nSPS) is 11.5. The molecule has 2 heterocycles. The summed E-state index contributed by atoms with van der Waals surface area (Å²) in [4.78, 5) is 8.63. The van der Waals surface area contributed by atoms with Crippen molar-refractivity contribution in [2.45, 2.75) is 0 Å². The average molecular weight is 371 g/mol. The molecule has 2 aromatic heterocycles. The van der Waals surface area contributed by atoms with Crippen molar-refractivity contribution in [3.63, 3.8) is 0 Å². The maximum atomic E-state index is 6.36. The van der Waals surface area contributed by atoms with E-state index in [-0.39, 0.29) is 5.82 Å². The Kier molecular flexibility index (Phi) is 4.36. The van der Waals surface area contributed by atoms with Gasteiger partial charge in [-0.1, -0.05) is 0 Å². The number of nitrogens with zero attached hydrogens (tertiary/aromatic N) is 4. The fraction of sp³-hybridized carbons (Fsp3) is 0. The summed E-state index contributed by atoms with van der Waals surface area (Å²) in [6.45, 7) is 4.93. The van der Waals surface area contributed by atoms with Crippen molar-refractivity contribution in [1.29, 1.82) is 0 Å². The van der Waals surface area contributed by atoms with E-state index >= 15 is 0 Å². The number of pyridine rings is 2. The number of fused-ring (bicyclic) bond motifs is 2. The number of aromatic nitrogens is 2. The van der Waals surface area contributed by atoms with Gasteiger partial charge >= 0.3 is 0 Å². The summed E-state index contributed by atoms with van der Waals surface area (Å²) in [5.41, 5.74) is 20.9. The molecule has 2 radical (unpaired) electrons. The van der Waals surface area contributed by atoms with E-state index in [9.17, 15) is 0 Å². The summed E-state index contributed by atoms with van der Waals surface area (Å²) in [5.74, 6) is 1.20. The van der Waals surface area contributed by atoms with E-state index in [1.165, 1.54) is 6.61 Å². The Hall–Kier alpha value is -3.94. The molecule has 0 saturated heterocycles. The number of hydrogen-bond donors (Lipinski definition) is 3. The van der Waals surface area contributed by atoms with Gasteiger partial charge in [0.15, 0.2) is 5.82 Å². The van der Waals surface area contributed by atoms with Gasteiger partial charge in [-0.05, 0) is 55.5 Å². The van der Waals surface area contributed by atoms with E-state index in [2.05, 4.69) is 27.1 Å². The Morgan fingerprint density at radius 2 is 1.71 bits per heavy atom. The fourth-order valence-electron chi connectivity index (χ4n) is 2.85. The minimum atomic E-state index is 0.218. The third kappa shape index (κ3) is 3.23. The molecule has 4 aromatic rings. The number of azo groups is 1. The van der Waals surface area contributed by atoms with Crippen LogP contribution in [0.25, 0.3) is 21.8 Å². The minimum Gasteiger partial charge on any atom is -0.487 e. The molecule has 0 spiro atoms. The molecule has 0 fully saturated rings. The topological polar surface area (TPSA) is 138 Å². The first kappa shape index (κ1) is 17.5. The molecule has 0 saturated carbocycles. The SMILES string of the molecule is [CH2][CH]Oc1ccc2nc3cc(N=Nc4ccc(N)nc4N)ccc3c(N)c2c1. The molecule has 0 unspecified atom stereocenters. The van der Waals surface area contributed by atoms with Crippen LogP contribution in [0.3, 0.4) is 0 Å². The number of nitrogens with two attached hydrogens (primary N) is 3. The summed E-state index contributed by atoms with van der Waals surface area (Å²) >= 11 is 0. The van der Waals surface area contributed by atoms with Gasteiger partial charge in [-0.2, -0.15) is 5.11 Å². The van der Waals surface area contributed by atoms with E-state index in [1.807, 2.05) is 30.3 Å². The van der Waals surface area contributed by atoms with Gasteiger partial charge in [0.05, 0.1) is 22.4 Å². The van der Waals surface area contributed by atoms with Crippen LogP contribution in [0.15, 0.2) is 58.8 Å². The minimum absolute atomic E-state index is 0.218. The van der Waals surface area contributed by atoms with E-state index < -0.39 is 0 Å². The van der Waals surface area contributed by atoms with Gasteiger partial charge in [0.2, 0.25) is 0 Å². The smallest absolute Gasteiger partial charge is 0.153 e. The van der Waals surface area contributed by atoms with Gasteiger partial charge in [0.1, 0.15) is 23.9 Å². The van der Waals surface area contributed by atoms with Crippen molar-refractivity contribution >= 4 is 50.5 Å². The van der Waals surface area contributed by atoms with Crippen LogP contribution in [0.2, 0.25) is 0 Å². The average Bonchev–Trinajstić information content (AvgIpc) is 2.68. The quantitative estimate of drug-likeness (QED) is 0.361. The number of ether oxygens (including phenoxy) is 1. The molecule has 28 heavy (non-hydrogen) atoms. The number of hydrogen-bond acceptors (Lipinski definition) is 8. The van der Waals surface area contributed by atoms with E-state index in [1.54, 1.807) is 18.2 Å². The summed E-state index contributed by atoms with van der Waals surface area (Å²) in [6, 6.07) is 14.2. The highest BCUT2D eigenvalue weighted by Gasteiger charge is 2.09. The van der Waals surface area contributed by atoms with Gasteiger partial charge < -0.3 is 21.9 Å². The van der Waals surface area contributed by atoms with Crippen LogP contribution in [0, 0.1) is 13.5 Å². The number of benzene rings is 2. The molecule has 0 amide bonds. The van der Waals surface area contributed by atoms with Crippen molar-refractivity contribution in [3.05, 3.63) is 62.1 Å². The van der Waals surface area contributed by atoms with Crippen LogP contribution >= 0.6 is 0 Å². The molecule has 0 aliphatic rings. The molecule has 6 N–H and O–H groups in total. The monoisotopic (exact) mass is 371 g/mol.